The molecule has 2 atom stereocenters. The van der Waals surface area contributed by atoms with Crippen molar-refractivity contribution in [2.45, 2.75) is 39.2 Å². The highest BCUT2D eigenvalue weighted by Crippen LogP contribution is 2.28. The Balaban J connectivity index is 1.82. The molecule has 0 bridgehead atoms. The molecule has 106 valence electrons. The zero-order valence-electron chi connectivity index (χ0n) is 11.8. The molecule has 0 aliphatic heterocycles. The molecule has 1 saturated carbocycles. The van der Waals surface area contributed by atoms with Crippen molar-refractivity contribution < 1.29 is 13.9 Å². The standard InChI is InChI=1S/C15H23NO3/c1-11-5-3-4-6-12(11)9-16-10-13-7-8-19-14(13)15(17)18-2/h7-8,11-12,16H,3-6,9-10H2,1-2H3. The fraction of sp³-hybridized carbons (Fsp3) is 0.667. The van der Waals surface area contributed by atoms with Gasteiger partial charge in [-0.3, -0.25) is 0 Å². The number of carbonyl (C=O) groups is 1. The quantitative estimate of drug-likeness (QED) is 0.832. The average molecular weight is 265 g/mol. The Hall–Kier alpha value is -1.29. The summed E-state index contributed by atoms with van der Waals surface area (Å²) in [5, 5.41) is 3.44. The van der Waals surface area contributed by atoms with Gasteiger partial charge in [0.05, 0.1) is 13.4 Å². The fourth-order valence-corrected chi connectivity index (χ4v) is 2.84. The average Bonchev–Trinajstić information content (AvgIpc) is 2.88. The van der Waals surface area contributed by atoms with Crippen LogP contribution in [0, 0.1) is 11.8 Å². The van der Waals surface area contributed by atoms with Crippen LogP contribution in [-0.4, -0.2) is 19.6 Å². The summed E-state index contributed by atoms with van der Waals surface area (Å²) in [6.45, 7) is 4.00. The molecular weight excluding hydrogens is 242 g/mol. The third kappa shape index (κ3) is 3.60. The molecule has 1 aliphatic carbocycles. The second-order valence-electron chi connectivity index (χ2n) is 5.42. The van der Waals surface area contributed by atoms with E-state index < -0.39 is 5.97 Å². The largest absolute Gasteiger partial charge is 0.463 e. The number of furan rings is 1. The van der Waals surface area contributed by atoms with E-state index in [4.69, 9.17) is 4.42 Å². The molecule has 2 rings (SSSR count). The summed E-state index contributed by atoms with van der Waals surface area (Å²) < 4.78 is 9.85. The number of nitrogens with one attached hydrogen (secondary N) is 1. The fourth-order valence-electron chi connectivity index (χ4n) is 2.84. The van der Waals surface area contributed by atoms with Crippen LogP contribution in [0.5, 0.6) is 0 Å². The van der Waals surface area contributed by atoms with Gasteiger partial charge in [0.15, 0.2) is 0 Å². The highest BCUT2D eigenvalue weighted by Gasteiger charge is 2.21. The van der Waals surface area contributed by atoms with Crippen molar-refractivity contribution in [3.63, 3.8) is 0 Å². The molecule has 0 radical (unpaired) electrons. The lowest BCUT2D eigenvalue weighted by atomic mass is 9.80. The monoisotopic (exact) mass is 265 g/mol. The van der Waals surface area contributed by atoms with Crippen molar-refractivity contribution in [2.75, 3.05) is 13.7 Å². The Bertz CT molecular complexity index is 413. The third-order valence-electron chi connectivity index (χ3n) is 4.13. The van der Waals surface area contributed by atoms with Gasteiger partial charge in [0, 0.05) is 12.1 Å². The molecule has 2 unspecified atom stereocenters. The number of hydrogen-bond donors (Lipinski definition) is 1. The van der Waals surface area contributed by atoms with Crippen LogP contribution in [0.25, 0.3) is 0 Å². The molecule has 19 heavy (non-hydrogen) atoms. The van der Waals surface area contributed by atoms with Crippen molar-refractivity contribution in [2.24, 2.45) is 11.8 Å². The third-order valence-corrected chi connectivity index (χ3v) is 4.13. The van der Waals surface area contributed by atoms with Gasteiger partial charge in [-0.05, 0) is 30.9 Å². The van der Waals surface area contributed by atoms with Crippen LogP contribution >= 0.6 is 0 Å². The summed E-state index contributed by atoms with van der Waals surface area (Å²) in [6.07, 6.45) is 6.89. The second kappa shape index (κ2) is 6.75. The number of ether oxygens (including phenoxy) is 1. The van der Waals surface area contributed by atoms with E-state index in [1.807, 2.05) is 6.07 Å². The van der Waals surface area contributed by atoms with E-state index >= 15 is 0 Å². The van der Waals surface area contributed by atoms with Crippen LogP contribution in [0.15, 0.2) is 16.7 Å². The minimum absolute atomic E-state index is 0.312. The van der Waals surface area contributed by atoms with Crippen molar-refractivity contribution in [3.05, 3.63) is 23.7 Å². The highest BCUT2D eigenvalue weighted by atomic mass is 16.5. The summed E-state index contributed by atoms with van der Waals surface area (Å²) in [7, 11) is 1.37. The van der Waals surface area contributed by atoms with Crippen LogP contribution in [0.3, 0.4) is 0 Å². The molecule has 0 aromatic carbocycles. The van der Waals surface area contributed by atoms with E-state index in [2.05, 4.69) is 17.0 Å². The predicted molar refractivity (Wildman–Crippen MR) is 72.9 cm³/mol. The Morgan fingerprint density at radius 3 is 3.00 bits per heavy atom. The topological polar surface area (TPSA) is 51.5 Å². The highest BCUT2D eigenvalue weighted by molar-refractivity contribution is 5.87. The summed E-state index contributed by atoms with van der Waals surface area (Å²) in [5.41, 5.74) is 0.871. The van der Waals surface area contributed by atoms with Gasteiger partial charge in [-0.25, -0.2) is 4.79 Å². The van der Waals surface area contributed by atoms with Gasteiger partial charge >= 0.3 is 5.97 Å². The van der Waals surface area contributed by atoms with E-state index in [1.54, 1.807) is 0 Å². The molecule has 1 aliphatic rings. The van der Waals surface area contributed by atoms with Gasteiger partial charge in [0.1, 0.15) is 0 Å². The number of carbonyl (C=O) groups excluding carboxylic acids is 1. The number of rotatable bonds is 5. The smallest absolute Gasteiger partial charge is 0.374 e. The molecule has 1 heterocycles. The minimum Gasteiger partial charge on any atom is -0.463 e. The first-order valence-electron chi connectivity index (χ1n) is 7.07. The van der Waals surface area contributed by atoms with Crippen molar-refractivity contribution in [1.29, 1.82) is 0 Å². The van der Waals surface area contributed by atoms with Crippen LogP contribution in [-0.2, 0) is 11.3 Å². The zero-order valence-corrected chi connectivity index (χ0v) is 11.8. The number of hydrogen-bond acceptors (Lipinski definition) is 4. The first-order valence-corrected chi connectivity index (χ1v) is 7.07. The lowest BCUT2D eigenvalue weighted by molar-refractivity contribution is 0.0563. The van der Waals surface area contributed by atoms with Crippen LogP contribution < -0.4 is 5.32 Å². The maximum atomic E-state index is 11.5. The summed E-state index contributed by atoms with van der Waals surface area (Å²) in [6, 6.07) is 1.82. The Morgan fingerprint density at radius 1 is 1.47 bits per heavy atom. The van der Waals surface area contributed by atoms with Gasteiger partial charge < -0.3 is 14.5 Å². The number of methoxy groups -OCH3 is 1. The first kappa shape index (κ1) is 14.1. The van der Waals surface area contributed by atoms with Gasteiger partial charge in [0.2, 0.25) is 5.76 Å². The van der Waals surface area contributed by atoms with Gasteiger partial charge in [-0.1, -0.05) is 26.2 Å². The molecule has 1 aromatic rings. The Morgan fingerprint density at radius 2 is 2.26 bits per heavy atom. The molecule has 4 heteroatoms. The summed E-state index contributed by atoms with van der Waals surface area (Å²) in [5.74, 6) is 1.45. The molecule has 1 aromatic heterocycles. The maximum Gasteiger partial charge on any atom is 0.374 e. The van der Waals surface area contributed by atoms with E-state index in [-0.39, 0.29) is 0 Å². The molecule has 0 spiro atoms. The molecule has 1 fully saturated rings. The van der Waals surface area contributed by atoms with Crippen molar-refractivity contribution in [3.8, 4) is 0 Å². The van der Waals surface area contributed by atoms with E-state index in [1.165, 1.54) is 39.1 Å². The lowest BCUT2D eigenvalue weighted by Crippen LogP contribution is -2.29. The van der Waals surface area contributed by atoms with E-state index in [9.17, 15) is 4.79 Å². The number of esters is 1. The normalized spacial score (nSPS) is 23.3. The summed E-state index contributed by atoms with van der Waals surface area (Å²) in [4.78, 5) is 11.5. The molecule has 0 amide bonds. The predicted octanol–water partition coefficient (Wildman–Crippen LogP) is 2.98. The minimum atomic E-state index is -0.409. The molecule has 1 N–H and O–H groups in total. The lowest BCUT2D eigenvalue weighted by Gasteiger charge is -2.28. The van der Waals surface area contributed by atoms with Gasteiger partial charge in [-0.15, -0.1) is 0 Å². The van der Waals surface area contributed by atoms with Crippen LogP contribution in [0.2, 0.25) is 0 Å². The Kier molecular flexibility index (Phi) is 5.02. The van der Waals surface area contributed by atoms with Crippen LogP contribution in [0.4, 0.5) is 0 Å². The molecule has 0 saturated heterocycles. The maximum absolute atomic E-state index is 11.5. The Labute approximate surface area is 114 Å². The first-order chi connectivity index (χ1) is 9.22. The molecular formula is C15H23NO3. The van der Waals surface area contributed by atoms with Gasteiger partial charge in [0.25, 0.3) is 0 Å². The van der Waals surface area contributed by atoms with E-state index in [0.29, 0.717) is 12.3 Å². The summed E-state index contributed by atoms with van der Waals surface area (Å²) >= 11 is 0. The van der Waals surface area contributed by atoms with Crippen molar-refractivity contribution >= 4 is 5.97 Å². The second-order valence-corrected chi connectivity index (χ2v) is 5.42. The zero-order chi connectivity index (χ0) is 13.7. The SMILES string of the molecule is COC(=O)c1occc1CNCC1CCCCC1C. The van der Waals surface area contributed by atoms with Gasteiger partial charge in [-0.2, -0.15) is 0 Å². The van der Waals surface area contributed by atoms with Crippen LogP contribution in [0.1, 0.15) is 48.7 Å². The molecule has 4 nitrogen and oxygen atoms in total. The van der Waals surface area contributed by atoms with Crippen molar-refractivity contribution in [1.82, 2.24) is 5.32 Å². The van der Waals surface area contributed by atoms with E-state index in [0.717, 1.165) is 23.9 Å².